The van der Waals surface area contributed by atoms with Crippen LogP contribution in [0, 0.1) is 0 Å². The molecule has 0 fully saturated rings. The number of ether oxygens (including phenoxy) is 1. The van der Waals surface area contributed by atoms with Crippen molar-refractivity contribution in [2.24, 2.45) is 0 Å². The van der Waals surface area contributed by atoms with Crippen molar-refractivity contribution in [1.82, 2.24) is 35.6 Å². The van der Waals surface area contributed by atoms with Crippen LogP contribution < -0.4 is 88.8 Å². The molecule has 3 aromatic heterocycles. The Morgan fingerprint density at radius 2 is 0.579 bits per heavy atom. The Balaban J connectivity index is 0.000000147. The van der Waals surface area contributed by atoms with E-state index in [0.29, 0.717) is 17.3 Å². The largest absolute Gasteiger partial charge is 0.497 e. The number of carbonyl (C=O) groups excluding carboxylic acids is 2. The zero-order valence-electron chi connectivity index (χ0n) is 73.6. The van der Waals surface area contributed by atoms with E-state index in [2.05, 4.69) is 390 Å². The summed E-state index contributed by atoms with van der Waals surface area (Å²) < 4.78 is 5.30. The van der Waals surface area contributed by atoms with E-state index in [1.165, 1.54) is 63.7 Å². The Morgan fingerprint density at radius 3 is 0.810 bits per heavy atom. The van der Waals surface area contributed by atoms with Crippen molar-refractivity contribution in [3.8, 4) is 17.3 Å². The van der Waals surface area contributed by atoms with Gasteiger partial charge in [-0.15, -0.1) is 0 Å². The number of hydrogen-bond donors (Lipinski definition) is 2. The molecular weight excluding hydrogens is 1740 g/mol. The summed E-state index contributed by atoms with van der Waals surface area (Å²) in [6, 6.07) is 132. The van der Waals surface area contributed by atoms with Crippen LogP contribution in [0.5, 0.6) is 5.75 Å². The first kappa shape index (κ1) is 95.6. The van der Waals surface area contributed by atoms with Crippen molar-refractivity contribution in [1.29, 1.82) is 0 Å². The van der Waals surface area contributed by atoms with Gasteiger partial charge in [-0.1, -0.05) is 364 Å². The number of nitrogens with one attached hydrogen (secondary N) is 2. The predicted octanol–water partition coefficient (Wildman–Crippen LogP) is 18.9. The number of amides is 2. The Kier molecular flexibility index (Phi) is 36.5. The van der Waals surface area contributed by atoms with Crippen molar-refractivity contribution in [3.63, 3.8) is 0 Å². The molecule has 0 radical (unpaired) electrons. The molecule has 2 N–H and O–H groups in total. The number of aryl methyl sites for hydroxylation is 2. The van der Waals surface area contributed by atoms with Gasteiger partial charge in [0.2, 0.25) is 17.1 Å². The molecule has 2 amide bonds. The number of nitrogens with zero attached hydrogens (tertiary/aromatic N) is 7. The molecule has 17 rings (SSSR count). The first-order valence-electron chi connectivity index (χ1n) is 42.5. The second-order valence-corrected chi connectivity index (χ2v) is 41.5. The number of carbonyl (C=O) groups is 2. The van der Waals surface area contributed by atoms with Crippen LogP contribution in [-0.4, -0.2) is 81.1 Å². The van der Waals surface area contributed by atoms with Crippen LogP contribution >= 0.6 is 43.3 Å². The fourth-order valence-electron chi connectivity index (χ4n) is 14.5. The number of rotatable bonds is 20. The Labute approximate surface area is 770 Å². The molecule has 0 spiro atoms. The third-order valence-corrected chi connectivity index (χ3v) is 30.7. The molecule has 2 aliphatic carbocycles. The molecule has 0 unspecified atom stereocenters. The van der Waals surface area contributed by atoms with Gasteiger partial charge in [0.1, 0.15) is 35.2 Å². The fraction of sp³-hybridized carbons (Fsp3) is 0.194. The van der Waals surface area contributed by atoms with Crippen molar-refractivity contribution in [2.75, 3.05) is 31.0 Å². The molecule has 2 aliphatic rings. The quantitative estimate of drug-likeness (QED) is 0.0431. The second kappa shape index (κ2) is 48.1. The third-order valence-electron chi connectivity index (χ3n) is 20.7. The van der Waals surface area contributed by atoms with Gasteiger partial charge in [-0.2, -0.15) is 0 Å². The average Bonchev–Trinajstić information content (AvgIpc) is 1.58. The standard InChI is InChI=1S/C21H29N5O2.4C18H15P.C15H23ClN4O.Pd/c1-13(20(27)25-21(2,3)4)26(5)19-15-8-7-9-16(15)23-18(24-19)17-12-14(28-6)10-11-22-17;4*1-4-10-16(11-5-1)19(17-12-6-2-7-13-17)18-14-8-3-9-15-18;1-9(13(21)19-15(2,3)4)20(5)12-10-7-6-8-11(10)17-14(16)18-12;/h10-13H,7-9H2,1-6H3,(H,25,27);4*1-15H;9H,6-8H2,1-5H3,(H,19,21);/t13-;;;;;9-;/m1....1./s1. The zero-order valence-corrected chi connectivity index (χ0v) is 79.5. The van der Waals surface area contributed by atoms with Crippen molar-refractivity contribution < 1.29 is 34.7 Å². The number of benzene rings is 12. The second-order valence-electron chi connectivity index (χ2n) is 32.2. The molecule has 0 aliphatic heterocycles. The van der Waals surface area contributed by atoms with E-state index < -0.39 is 31.7 Å². The van der Waals surface area contributed by atoms with Crippen LogP contribution in [0.25, 0.3) is 11.5 Å². The van der Waals surface area contributed by atoms with E-state index in [1.54, 1.807) is 19.4 Å². The smallest absolute Gasteiger partial charge is 0.242 e. The van der Waals surface area contributed by atoms with Gasteiger partial charge in [-0.3, -0.25) is 14.6 Å². The topological polar surface area (TPSA) is 138 Å². The third kappa shape index (κ3) is 27.5. The molecular formula is C108H112ClN9O3P4Pd. The predicted molar refractivity (Wildman–Crippen MR) is 535 cm³/mol. The molecule has 18 heteroatoms. The monoisotopic (exact) mass is 1850 g/mol. The van der Waals surface area contributed by atoms with E-state index >= 15 is 0 Å². The summed E-state index contributed by atoms with van der Waals surface area (Å²) in [5.74, 6) is 2.80. The summed E-state index contributed by atoms with van der Waals surface area (Å²) in [5, 5.41) is 23.1. The van der Waals surface area contributed by atoms with Gasteiger partial charge in [0.25, 0.3) is 0 Å². The molecule has 3 heterocycles. The fourth-order valence-corrected chi connectivity index (χ4v) is 23.9. The number of methoxy groups -OCH3 is 1. The molecule has 12 nitrogen and oxygen atoms in total. The van der Waals surface area contributed by atoms with Crippen LogP contribution in [0.2, 0.25) is 5.28 Å². The van der Waals surface area contributed by atoms with E-state index in [4.69, 9.17) is 26.3 Å². The molecule has 644 valence electrons. The zero-order chi connectivity index (χ0) is 87.9. The van der Waals surface area contributed by atoms with E-state index in [9.17, 15) is 9.59 Å². The molecule has 0 saturated carbocycles. The molecule has 15 aromatic rings. The van der Waals surface area contributed by atoms with Crippen LogP contribution in [0.4, 0.5) is 11.6 Å². The Morgan fingerprint density at radius 1 is 0.349 bits per heavy atom. The molecule has 0 bridgehead atoms. The van der Waals surface area contributed by atoms with Crippen LogP contribution in [-0.2, 0) is 55.7 Å². The number of pyridine rings is 1. The van der Waals surface area contributed by atoms with Crippen molar-refractivity contribution in [2.45, 2.75) is 117 Å². The van der Waals surface area contributed by atoms with E-state index in [-0.39, 0.29) is 60.7 Å². The summed E-state index contributed by atoms with van der Waals surface area (Å²) in [5.41, 5.74) is 4.44. The van der Waals surface area contributed by atoms with Gasteiger partial charge in [-0.25, -0.2) is 19.9 Å². The van der Waals surface area contributed by atoms with Gasteiger partial charge >= 0.3 is 0 Å². The maximum atomic E-state index is 12.7. The minimum absolute atomic E-state index is 0. The summed E-state index contributed by atoms with van der Waals surface area (Å²) in [7, 11) is 3.63. The first-order valence-corrected chi connectivity index (χ1v) is 48.3. The normalized spacial score (nSPS) is 12.2. The van der Waals surface area contributed by atoms with Gasteiger partial charge in [0.05, 0.1) is 12.8 Å². The molecule has 2 atom stereocenters. The van der Waals surface area contributed by atoms with Crippen LogP contribution in [0.1, 0.15) is 90.7 Å². The van der Waals surface area contributed by atoms with Crippen LogP contribution in [0.15, 0.2) is 382 Å². The molecule has 126 heavy (non-hydrogen) atoms. The minimum atomic E-state index is -0.446. The summed E-state index contributed by atoms with van der Waals surface area (Å²) in [6.45, 7) is 15.6. The summed E-state index contributed by atoms with van der Waals surface area (Å²) in [6.07, 6.45) is 7.51. The van der Waals surface area contributed by atoms with E-state index in [0.717, 1.165) is 72.7 Å². The number of likely N-dealkylation sites (N-methyl/N-ethyl adjacent to an activating group) is 2. The minimum Gasteiger partial charge on any atom is -0.497 e. The number of hydrogen-bond acceptors (Lipinski definition) is 10. The van der Waals surface area contributed by atoms with Crippen LogP contribution in [0.3, 0.4) is 0 Å². The number of fused-ring (bicyclic) bond motifs is 2. The summed E-state index contributed by atoms with van der Waals surface area (Å²) >= 11 is 6.01. The van der Waals surface area contributed by atoms with E-state index in [1.807, 2.05) is 85.4 Å². The van der Waals surface area contributed by atoms with Gasteiger partial charge < -0.3 is 25.2 Å². The Hall–Kier alpha value is -11.0. The summed E-state index contributed by atoms with van der Waals surface area (Å²) in [4.78, 5) is 51.4. The van der Waals surface area contributed by atoms with Gasteiger partial charge in [0.15, 0.2) is 5.82 Å². The molecule has 12 aromatic carbocycles. The number of anilines is 2. The number of halogens is 1. The van der Waals surface area contributed by atoms with Crippen molar-refractivity contribution >= 4 is 130 Å². The molecule has 0 saturated heterocycles. The van der Waals surface area contributed by atoms with Gasteiger partial charge in [0, 0.05) is 74.7 Å². The maximum absolute atomic E-state index is 12.7. The SMILES string of the molecule is COc1ccnc(-c2nc3c(c(N(C)[C@H](C)C(=O)NC(C)(C)C)n2)CCC3)c1.C[C@H](C(=O)NC(C)(C)C)N(C)c1nc(Cl)nc2c1CCC2.[Pd].c1ccc(P(c2ccccc2)c2ccccc2)cc1.c1ccc(P(c2ccccc2)c2ccccc2)cc1.c1ccc(P(c2ccccc2)c2ccccc2)cc1.c1ccc(P(c2ccccc2)c2ccccc2)cc1. The average molecular weight is 1850 g/mol. The first-order chi connectivity index (χ1) is 60.7. The van der Waals surface area contributed by atoms with Gasteiger partial charge in [-0.05, 0) is 207 Å². The van der Waals surface area contributed by atoms with Crippen molar-refractivity contribution in [3.05, 3.63) is 410 Å². The number of aromatic nitrogens is 5. The maximum Gasteiger partial charge on any atom is 0.242 e. The Bertz CT molecular complexity index is 4930.